The molecule has 20 heavy (non-hydrogen) atoms. The minimum absolute atomic E-state index is 0.00657. The van der Waals surface area contributed by atoms with Crippen LogP contribution in [0.2, 0.25) is 0 Å². The predicted octanol–water partition coefficient (Wildman–Crippen LogP) is 1.23. The van der Waals surface area contributed by atoms with E-state index >= 15 is 0 Å². The third-order valence-electron chi connectivity index (χ3n) is 2.67. The normalized spacial score (nSPS) is 11.6. The van der Waals surface area contributed by atoms with Crippen molar-refractivity contribution in [3.05, 3.63) is 27.7 Å². The van der Waals surface area contributed by atoms with Crippen LogP contribution in [0.3, 0.4) is 0 Å². The van der Waals surface area contributed by atoms with Gasteiger partial charge in [-0.25, -0.2) is 14.6 Å². The number of carboxylic acid groups (broad SMARTS) is 1. The van der Waals surface area contributed by atoms with Crippen molar-refractivity contribution in [3.63, 3.8) is 0 Å². The molecule has 0 aromatic carbocycles. The summed E-state index contributed by atoms with van der Waals surface area (Å²) in [5, 5.41) is 12.7. The first-order chi connectivity index (χ1) is 9.32. The molecule has 8 heteroatoms. The van der Waals surface area contributed by atoms with Crippen LogP contribution in [-0.2, 0) is 16.1 Å². The van der Waals surface area contributed by atoms with Crippen LogP contribution in [0, 0.1) is 0 Å². The second-order valence-corrected chi connectivity index (χ2v) is 4.87. The highest BCUT2D eigenvalue weighted by Crippen LogP contribution is 2.06. The first-order valence-electron chi connectivity index (χ1n) is 5.67. The number of imide groups is 1. The molecule has 0 aliphatic rings. The Morgan fingerprint density at radius 1 is 1.35 bits per heavy atom. The molecule has 1 heterocycles. The maximum Gasteiger partial charge on any atom is 0.331 e. The maximum atomic E-state index is 11.8. The first kappa shape index (κ1) is 15.8. The van der Waals surface area contributed by atoms with E-state index in [2.05, 4.69) is 10.3 Å². The van der Waals surface area contributed by atoms with E-state index in [1.165, 1.54) is 37.1 Å². The third-order valence-corrected chi connectivity index (χ3v) is 3.31. The second kappa shape index (κ2) is 6.80. The topological polar surface area (TPSA) is 99.6 Å². The highest BCUT2D eigenvalue weighted by molar-refractivity contribution is 7.07. The number of amides is 3. The molecule has 0 aliphatic heterocycles. The van der Waals surface area contributed by atoms with Gasteiger partial charge in [0.25, 0.3) is 5.91 Å². The number of aromatic nitrogens is 1. The number of rotatable bonds is 4. The molecule has 0 spiro atoms. The number of carboxylic acids is 1. The van der Waals surface area contributed by atoms with Crippen LogP contribution >= 0.6 is 11.3 Å². The molecule has 1 aromatic rings. The smallest absolute Gasteiger partial charge is 0.331 e. The zero-order chi connectivity index (χ0) is 15.3. The number of carbonyl (C=O) groups is 3. The molecule has 1 aromatic heterocycles. The van der Waals surface area contributed by atoms with E-state index in [-0.39, 0.29) is 17.7 Å². The van der Waals surface area contributed by atoms with Crippen molar-refractivity contribution in [1.29, 1.82) is 0 Å². The van der Waals surface area contributed by atoms with Crippen molar-refractivity contribution in [2.45, 2.75) is 20.4 Å². The lowest BCUT2D eigenvalue weighted by Gasteiger charge is -2.16. The summed E-state index contributed by atoms with van der Waals surface area (Å²) < 4.78 is 0. The fourth-order valence-electron chi connectivity index (χ4n) is 1.25. The summed E-state index contributed by atoms with van der Waals surface area (Å²) in [5.41, 5.74) is 2.26. The van der Waals surface area contributed by atoms with E-state index in [0.29, 0.717) is 5.69 Å². The molecule has 0 aliphatic carbocycles. The molecule has 0 fully saturated rings. The number of hydrogen-bond acceptors (Lipinski definition) is 5. The molecule has 0 unspecified atom stereocenters. The van der Waals surface area contributed by atoms with Gasteiger partial charge in [-0.15, -0.1) is 11.3 Å². The van der Waals surface area contributed by atoms with E-state index < -0.39 is 17.9 Å². The van der Waals surface area contributed by atoms with Gasteiger partial charge in [0, 0.05) is 23.6 Å². The summed E-state index contributed by atoms with van der Waals surface area (Å²) in [6.45, 7) is 2.93. The summed E-state index contributed by atoms with van der Waals surface area (Å²) in [4.78, 5) is 39.5. The van der Waals surface area contributed by atoms with Crippen LogP contribution in [0.15, 0.2) is 22.0 Å². The quantitative estimate of drug-likeness (QED) is 0.814. The Labute approximate surface area is 119 Å². The van der Waals surface area contributed by atoms with Crippen LogP contribution in [0.1, 0.15) is 19.5 Å². The lowest BCUT2D eigenvalue weighted by Crippen LogP contribution is -2.41. The summed E-state index contributed by atoms with van der Waals surface area (Å²) >= 11 is 1.41. The summed E-state index contributed by atoms with van der Waals surface area (Å²) in [6, 6.07) is -0.611. The van der Waals surface area contributed by atoms with Gasteiger partial charge >= 0.3 is 12.0 Å². The second-order valence-electron chi connectivity index (χ2n) is 4.15. The summed E-state index contributed by atoms with van der Waals surface area (Å²) in [6.07, 6.45) is 0. The monoisotopic (exact) mass is 297 g/mol. The Kier molecular flexibility index (Phi) is 5.39. The largest absolute Gasteiger partial charge is 0.478 e. The van der Waals surface area contributed by atoms with Crippen molar-refractivity contribution < 1.29 is 19.5 Å². The fourth-order valence-corrected chi connectivity index (χ4v) is 1.80. The number of thiazole rings is 1. The van der Waals surface area contributed by atoms with Crippen molar-refractivity contribution in [2.75, 3.05) is 7.05 Å². The standard InChI is InChI=1S/C12H15N3O4S/c1-7(8(2)11(17)18)10(16)14-12(19)15(3)4-9-5-20-6-13-9/h5-6H,4H2,1-3H3,(H,17,18)(H,14,16,19). The van der Waals surface area contributed by atoms with Crippen LogP contribution < -0.4 is 5.32 Å². The molecule has 7 nitrogen and oxygen atoms in total. The molecule has 108 valence electrons. The van der Waals surface area contributed by atoms with E-state index in [9.17, 15) is 14.4 Å². The maximum absolute atomic E-state index is 11.8. The Morgan fingerprint density at radius 2 is 2.00 bits per heavy atom. The predicted molar refractivity (Wildman–Crippen MR) is 73.1 cm³/mol. The highest BCUT2D eigenvalue weighted by atomic mass is 32.1. The van der Waals surface area contributed by atoms with Gasteiger partial charge in [0.15, 0.2) is 0 Å². The van der Waals surface area contributed by atoms with E-state index in [1.54, 1.807) is 10.9 Å². The average Bonchev–Trinajstić information content (AvgIpc) is 2.89. The zero-order valence-corrected chi connectivity index (χ0v) is 12.2. The zero-order valence-electron chi connectivity index (χ0n) is 11.3. The van der Waals surface area contributed by atoms with Gasteiger partial charge in [-0.05, 0) is 13.8 Å². The van der Waals surface area contributed by atoms with Crippen molar-refractivity contribution >= 4 is 29.2 Å². The highest BCUT2D eigenvalue weighted by Gasteiger charge is 2.17. The molecule has 0 radical (unpaired) electrons. The minimum Gasteiger partial charge on any atom is -0.478 e. The Morgan fingerprint density at radius 3 is 2.50 bits per heavy atom. The van der Waals surface area contributed by atoms with Gasteiger partial charge in [-0.2, -0.15) is 0 Å². The van der Waals surface area contributed by atoms with Crippen LogP contribution in [-0.4, -0.2) is 39.9 Å². The first-order valence-corrected chi connectivity index (χ1v) is 6.61. The number of urea groups is 1. The molecular formula is C12H15N3O4S. The van der Waals surface area contributed by atoms with Gasteiger partial charge in [0.1, 0.15) is 0 Å². The van der Waals surface area contributed by atoms with Crippen LogP contribution in [0.4, 0.5) is 4.79 Å². The Balaban J connectivity index is 2.64. The van der Waals surface area contributed by atoms with E-state index in [4.69, 9.17) is 5.11 Å². The van der Waals surface area contributed by atoms with Gasteiger partial charge in [0.05, 0.1) is 17.7 Å². The average molecular weight is 297 g/mol. The Hall–Kier alpha value is -2.22. The Bertz CT molecular complexity index is 551. The third kappa shape index (κ3) is 4.16. The van der Waals surface area contributed by atoms with Gasteiger partial charge in [-0.1, -0.05) is 0 Å². The molecule has 2 N–H and O–H groups in total. The van der Waals surface area contributed by atoms with Gasteiger partial charge in [-0.3, -0.25) is 10.1 Å². The fraction of sp³-hybridized carbons (Fsp3) is 0.333. The molecule has 0 saturated heterocycles. The van der Waals surface area contributed by atoms with Gasteiger partial charge in [0.2, 0.25) is 0 Å². The minimum atomic E-state index is -1.19. The number of aliphatic carboxylic acids is 1. The van der Waals surface area contributed by atoms with Crippen molar-refractivity contribution in [3.8, 4) is 0 Å². The lowest BCUT2D eigenvalue weighted by atomic mass is 10.1. The molecule has 3 amide bonds. The number of nitrogens with one attached hydrogen (secondary N) is 1. The molecular weight excluding hydrogens is 282 g/mol. The summed E-state index contributed by atoms with van der Waals surface area (Å²) in [7, 11) is 1.52. The van der Waals surface area contributed by atoms with E-state index in [0.717, 1.165) is 0 Å². The van der Waals surface area contributed by atoms with Crippen LogP contribution in [0.5, 0.6) is 0 Å². The molecule has 0 saturated carbocycles. The van der Waals surface area contributed by atoms with E-state index in [1.807, 2.05) is 0 Å². The molecule has 1 rings (SSSR count). The summed E-state index contributed by atoms with van der Waals surface area (Å²) in [5.74, 6) is -1.92. The molecule has 0 atom stereocenters. The number of hydrogen-bond donors (Lipinski definition) is 2. The number of nitrogens with zero attached hydrogens (tertiary/aromatic N) is 2. The SMILES string of the molecule is CC(C(=O)O)=C(C)C(=O)NC(=O)N(C)Cc1cscn1. The lowest BCUT2D eigenvalue weighted by molar-refractivity contribution is -0.133. The van der Waals surface area contributed by atoms with Crippen LogP contribution in [0.25, 0.3) is 0 Å². The number of carbonyl (C=O) groups excluding carboxylic acids is 2. The van der Waals surface area contributed by atoms with Gasteiger partial charge < -0.3 is 10.0 Å². The molecule has 0 bridgehead atoms. The van der Waals surface area contributed by atoms with Crippen molar-refractivity contribution in [1.82, 2.24) is 15.2 Å². The van der Waals surface area contributed by atoms with Crippen molar-refractivity contribution in [2.24, 2.45) is 0 Å².